The van der Waals surface area contributed by atoms with E-state index in [1.807, 2.05) is 18.2 Å². The third kappa shape index (κ3) is 3.16. The number of para-hydroxylation sites is 1. The van der Waals surface area contributed by atoms with Crippen molar-refractivity contribution < 1.29 is 19.1 Å². The summed E-state index contributed by atoms with van der Waals surface area (Å²) in [4.78, 5) is 30.6. The van der Waals surface area contributed by atoms with Gasteiger partial charge in [0.2, 0.25) is 0 Å². The number of halogens is 2. The van der Waals surface area contributed by atoms with E-state index >= 15 is 0 Å². The number of rotatable bonds is 3. The first kappa shape index (κ1) is 20.0. The predicted octanol–water partition coefficient (Wildman–Crippen LogP) is 5.59. The lowest BCUT2D eigenvalue weighted by Crippen LogP contribution is -2.29. The Morgan fingerprint density at radius 3 is 2.50 bits per heavy atom. The van der Waals surface area contributed by atoms with Crippen molar-refractivity contribution in [3.05, 3.63) is 107 Å². The normalized spacial score (nSPS) is 17.9. The quantitative estimate of drug-likeness (QED) is 0.245. The van der Waals surface area contributed by atoms with Gasteiger partial charge in [-0.3, -0.25) is 14.5 Å². The highest BCUT2D eigenvalue weighted by Crippen LogP contribution is 2.43. The zero-order valence-corrected chi connectivity index (χ0v) is 17.3. The fraction of sp³-hybridized carbons (Fsp3) is 0.0400. The number of carbonyl (C=O) groups is 2. The number of hydrogen-bond donors (Lipinski definition) is 2. The number of aliphatic hydroxyl groups is 1. The van der Waals surface area contributed by atoms with Crippen molar-refractivity contribution in [2.45, 2.75) is 6.04 Å². The number of amides is 1. The molecule has 0 aliphatic carbocycles. The fourth-order valence-electron chi connectivity index (χ4n) is 4.10. The molecule has 1 fully saturated rings. The second-order valence-corrected chi connectivity index (χ2v) is 7.88. The van der Waals surface area contributed by atoms with Gasteiger partial charge in [-0.15, -0.1) is 0 Å². The summed E-state index contributed by atoms with van der Waals surface area (Å²) in [7, 11) is 0. The molecule has 1 amide bonds. The summed E-state index contributed by atoms with van der Waals surface area (Å²) in [6.07, 6.45) is 1.59. The molecule has 1 aliphatic heterocycles. The Morgan fingerprint density at radius 1 is 1.00 bits per heavy atom. The summed E-state index contributed by atoms with van der Waals surface area (Å²) in [6, 6.07) is 18.4. The van der Waals surface area contributed by atoms with E-state index in [2.05, 4.69) is 4.98 Å². The van der Waals surface area contributed by atoms with Gasteiger partial charge in [-0.05, 0) is 42.0 Å². The largest absolute Gasteiger partial charge is 0.507 e. The Hall–Kier alpha value is -3.90. The van der Waals surface area contributed by atoms with E-state index in [0.29, 0.717) is 27.2 Å². The number of H-pyrrole nitrogens is 1. The molecule has 2 N–H and O–H groups in total. The second-order valence-electron chi connectivity index (χ2n) is 7.45. The number of aromatic nitrogens is 1. The molecule has 2 heterocycles. The SMILES string of the molecule is O=C1C(=O)N(c2cccc(Cl)c2)C(c2ccc(F)cc2)/C1=C(/O)c1c[nH]c2ccccc12. The maximum absolute atomic E-state index is 13.6. The maximum Gasteiger partial charge on any atom is 0.300 e. The average molecular weight is 447 g/mol. The van der Waals surface area contributed by atoms with E-state index in [-0.39, 0.29) is 11.3 Å². The number of aromatic amines is 1. The van der Waals surface area contributed by atoms with Crippen LogP contribution in [0.3, 0.4) is 0 Å². The molecule has 32 heavy (non-hydrogen) atoms. The topological polar surface area (TPSA) is 73.4 Å². The van der Waals surface area contributed by atoms with Crippen LogP contribution in [-0.4, -0.2) is 21.8 Å². The summed E-state index contributed by atoms with van der Waals surface area (Å²) in [5, 5.41) is 12.4. The number of anilines is 1. The number of nitrogens with one attached hydrogen (secondary N) is 1. The Labute approximate surface area is 187 Å². The van der Waals surface area contributed by atoms with Gasteiger partial charge in [0, 0.05) is 33.4 Å². The van der Waals surface area contributed by atoms with Crippen molar-refractivity contribution in [2.75, 3.05) is 4.90 Å². The van der Waals surface area contributed by atoms with E-state index in [1.54, 1.807) is 36.5 Å². The smallest absolute Gasteiger partial charge is 0.300 e. The minimum atomic E-state index is -0.956. The monoisotopic (exact) mass is 446 g/mol. The number of benzene rings is 3. The van der Waals surface area contributed by atoms with Crippen molar-refractivity contribution in [1.82, 2.24) is 4.98 Å². The van der Waals surface area contributed by atoms with E-state index in [1.165, 1.54) is 29.2 Å². The molecule has 7 heteroatoms. The van der Waals surface area contributed by atoms with Gasteiger partial charge in [0.05, 0.1) is 11.6 Å². The third-order valence-electron chi connectivity index (χ3n) is 5.56. The van der Waals surface area contributed by atoms with Crippen LogP contribution in [-0.2, 0) is 9.59 Å². The van der Waals surface area contributed by atoms with Crippen molar-refractivity contribution in [1.29, 1.82) is 0 Å². The van der Waals surface area contributed by atoms with Crippen molar-refractivity contribution in [2.24, 2.45) is 0 Å². The molecule has 3 aromatic carbocycles. The molecule has 5 rings (SSSR count). The molecule has 1 aromatic heterocycles. The standard InChI is InChI=1S/C25H16ClFN2O3/c26-15-4-3-5-17(12-15)29-22(14-8-10-16(27)11-9-14)21(24(31)25(29)32)23(30)19-13-28-20-7-2-1-6-18(19)20/h1-13,22,28,30H/b23-21-. The molecule has 0 saturated carbocycles. The lowest BCUT2D eigenvalue weighted by molar-refractivity contribution is -0.132. The van der Waals surface area contributed by atoms with Crippen LogP contribution in [0.1, 0.15) is 17.2 Å². The third-order valence-corrected chi connectivity index (χ3v) is 5.80. The minimum absolute atomic E-state index is 0.0775. The number of hydrogen-bond acceptors (Lipinski definition) is 3. The number of aliphatic hydroxyl groups excluding tert-OH is 1. The highest BCUT2D eigenvalue weighted by Gasteiger charge is 2.47. The van der Waals surface area contributed by atoms with Gasteiger partial charge in [0.25, 0.3) is 11.7 Å². The van der Waals surface area contributed by atoms with Gasteiger partial charge in [0.1, 0.15) is 11.6 Å². The van der Waals surface area contributed by atoms with Gasteiger partial charge in [0.15, 0.2) is 0 Å². The number of Topliss-reactive ketones (excluding diaryl/α,β-unsaturated/α-hetero) is 1. The first-order chi connectivity index (χ1) is 15.5. The summed E-state index contributed by atoms with van der Waals surface area (Å²) >= 11 is 6.13. The molecule has 1 aliphatic rings. The molecule has 4 aromatic rings. The first-order valence-corrected chi connectivity index (χ1v) is 10.2. The van der Waals surface area contributed by atoms with Crippen molar-refractivity contribution in [3.63, 3.8) is 0 Å². The van der Waals surface area contributed by atoms with E-state index in [4.69, 9.17) is 11.6 Å². The van der Waals surface area contributed by atoms with Gasteiger partial charge >= 0.3 is 0 Å². The van der Waals surface area contributed by atoms with Crippen LogP contribution in [0.25, 0.3) is 16.7 Å². The van der Waals surface area contributed by atoms with Crippen LogP contribution < -0.4 is 4.90 Å². The van der Waals surface area contributed by atoms with Crippen LogP contribution in [0.4, 0.5) is 10.1 Å². The molecular weight excluding hydrogens is 431 g/mol. The lowest BCUT2D eigenvalue weighted by atomic mass is 9.95. The number of ketones is 1. The molecule has 1 unspecified atom stereocenters. The summed E-state index contributed by atoms with van der Waals surface area (Å²) in [5.74, 6) is -2.39. The minimum Gasteiger partial charge on any atom is -0.507 e. The summed E-state index contributed by atoms with van der Waals surface area (Å²) in [5.41, 5.74) is 1.97. The van der Waals surface area contributed by atoms with Gasteiger partial charge < -0.3 is 10.1 Å². The Balaban J connectivity index is 1.76. The average Bonchev–Trinajstić information content (AvgIpc) is 3.33. The summed E-state index contributed by atoms with van der Waals surface area (Å²) < 4.78 is 13.6. The van der Waals surface area contributed by atoms with Crippen LogP contribution in [0, 0.1) is 5.82 Å². The molecule has 0 radical (unpaired) electrons. The predicted molar refractivity (Wildman–Crippen MR) is 121 cm³/mol. The maximum atomic E-state index is 13.6. The molecule has 1 atom stereocenters. The van der Waals surface area contributed by atoms with Crippen LogP contribution in [0.15, 0.2) is 84.6 Å². The van der Waals surface area contributed by atoms with E-state index in [9.17, 15) is 19.1 Å². The number of carbonyl (C=O) groups excluding carboxylic acids is 2. The fourth-order valence-corrected chi connectivity index (χ4v) is 4.28. The van der Waals surface area contributed by atoms with Crippen LogP contribution in [0.5, 0.6) is 0 Å². The first-order valence-electron chi connectivity index (χ1n) is 9.84. The zero-order chi connectivity index (χ0) is 22.4. The van der Waals surface area contributed by atoms with Crippen LogP contribution in [0.2, 0.25) is 5.02 Å². The van der Waals surface area contributed by atoms with Gasteiger partial charge in [-0.1, -0.05) is 48.0 Å². The molecule has 1 saturated heterocycles. The number of nitrogens with zero attached hydrogens (tertiary/aromatic N) is 1. The Morgan fingerprint density at radius 2 is 1.75 bits per heavy atom. The molecule has 0 bridgehead atoms. The van der Waals surface area contributed by atoms with E-state index in [0.717, 1.165) is 5.52 Å². The lowest BCUT2D eigenvalue weighted by Gasteiger charge is -2.25. The molecular formula is C25H16ClFN2O3. The van der Waals surface area contributed by atoms with Gasteiger partial charge in [-0.2, -0.15) is 0 Å². The van der Waals surface area contributed by atoms with Crippen molar-refractivity contribution >= 4 is 45.6 Å². The highest BCUT2D eigenvalue weighted by molar-refractivity contribution is 6.52. The van der Waals surface area contributed by atoms with Gasteiger partial charge in [-0.25, -0.2) is 4.39 Å². The Kier molecular flexibility index (Phi) is 4.79. The van der Waals surface area contributed by atoms with E-state index < -0.39 is 23.5 Å². The molecule has 158 valence electrons. The molecule has 5 nitrogen and oxygen atoms in total. The number of fused-ring (bicyclic) bond motifs is 1. The molecule has 0 spiro atoms. The highest BCUT2D eigenvalue weighted by atomic mass is 35.5. The zero-order valence-electron chi connectivity index (χ0n) is 16.5. The second kappa shape index (κ2) is 7.66. The van der Waals surface area contributed by atoms with Crippen molar-refractivity contribution in [3.8, 4) is 0 Å². The van der Waals surface area contributed by atoms with Crippen LogP contribution >= 0.6 is 11.6 Å². The Bertz CT molecular complexity index is 1410. The summed E-state index contributed by atoms with van der Waals surface area (Å²) in [6.45, 7) is 0.